The van der Waals surface area contributed by atoms with Crippen LogP contribution in [0.1, 0.15) is 148 Å². The van der Waals surface area contributed by atoms with Crippen molar-refractivity contribution in [2.45, 2.75) is 136 Å². The topological polar surface area (TPSA) is 105 Å². The Morgan fingerprint density at radius 2 is 0.852 bits per heavy atom. The molecule has 1 aliphatic rings. The van der Waals surface area contributed by atoms with Crippen molar-refractivity contribution in [2.75, 3.05) is 24.7 Å². The van der Waals surface area contributed by atoms with Crippen LogP contribution in [-0.2, 0) is 0 Å². The van der Waals surface area contributed by atoms with Crippen LogP contribution >= 0.6 is 23.5 Å². The summed E-state index contributed by atoms with van der Waals surface area (Å²) >= 11 is 2.79. The number of unbranched alkanes of at least 4 members (excludes halogenated alkanes) is 14. The maximum Gasteiger partial charge on any atom is 0.196 e. The Kier molecular flexibility index (Phi) is 16.7. The molecule has 4 aromatic carbocycles. The highest BCUT2D eigenvalue weighted by Crippen LogP contribution is 2.44. The highest BCUT2D eigenvalue weighted by molar-refractivity contribution is 8.00. The average Bonchev–Trinajstić information content (AvgIpc) is 3.17. The van der Waals surface area contributed by atoms with Crippen molar-refractivity contribution in [2.24, 2.45) is 0 Å². The first-order valence-electron chi connectivity index (χ1n) is 20.2. The van der Waals surface area contributed by atoms with Gasteiger partial charge in [-0.25, -0.2) is 0 Å². The smallest absolute Gasteiger partial charge is 0.196 e. The number of anilines is 2. The normalized spacial score (nSPS) is 12.1. The van der Waals surface area contributed by atoms with Crippen LogP contribution in [0.25, 0.3) is 0 Å². The number of rotatable bonds is 24. The molecule has 0 saturated carbocycles. The monoisotopic (exact) mass is 766 g/mol. The van der Waals surface area contributed by atoms with Crippen molar-refractivity contribution >= 4 is 46.5 Å². The molecule has 4 aromatic rings. The molecular formula is C46H58N2O4S2. The van der Waals surface area contributed by atoms with Crippen LogP contribution in [0.4, 0.5) is 11.4 Å². The van der Waals surface area contributed by atoms with Crippen LogP contribution < -0.4 is 20.9 Å². The van der Waals surface area contributed by atoms with Gasteiger partial charge >= 0.3 is 0 Å². The van der Waals surface area contributed by atoms with Gasteiger partial charge in [-0.3, -0.25) is 9.59 Å². The van der Waals surface area contributed by atoms with Gasteiger partial charge in [0.2, 0.25) is 0 Å². The lowest BCUT2D eigenvalue weighted by Gasteiger charge is -2.22. The Bertz CT molecular complexity index is 1710. The van der Waals surface area contributed by atoms with E-state index in [1.807, 2.05) is 60.7 Å². The van der Waals surface area contributed by atoms with E-state index in [9.17, 15) is 9.59 Å². The van der Waals surface area contributed by atoms with Crippen LogP contribution in [-0.4, -0.2) is 24.8 Å². The van der Waals surface area contributed by atoms with Crippen molar-refractivity contribution in [3.8, 4) is 11.5 Å². The third kappa shape index (κ3) is 11.6. The van der Waals surface area contributed by atoms with Crippen molar-refractivity contribution < 1.29 is 19.1 Å². The summed E-state index contributed by atoms with van der Waals surface area (Å²) in [4.78, 5) is 31.2. The Morgan fingerprint density at radius 1 is 0.463 bits per heavy atom. The lowest BCUT2D eigenvalue weighted by atomic mass is 9.84. The fourth-order valence-corrected chi connectivity index (χ4v) is 8.86. The Hall–Kier alpha value is -3.88. The maximum atomic E-state index is 14.4. The molecule has 0 radical (unpaired) electrons. The minimum absolute atomic E-state index is 0.167. The van der Waals surface area contributed by atoms with Gasteiger partial charge in [-0.15, -0.1) is 0 Å². The summed E-state index contributed by atoms with van der Waals surface area (Å²) in [7, 11) is 0. The highest BCUT2D eigenvalue weighted by atomic mass is 32.2. The Morgan fingerprint density at radius 3 is 1.24 bits per heavy atom. The lowest BCUT2D eigenvalue weighted by Crippen LogP contribution is -2.22. The zero-order valence-electron chi connectivity index (χ0n) is 32.3. The molecule has 0 aromatic heterocycles. The van der Waals surface area contributed by atoms with E-state index in [4.69, 9.17) is 20.9 Å². The number of ether oxygens (including phenoxy) is 2. The molecule has 0 aliphatic heterocycles. The van der Waals surface area contributed by atoms with Gasteiger partial charge in [0.15, 0.2) is 11.6 Å². The van der Waals surface area contributed by atoms with E-state index < -0.39 is 0 Å². The molecule has 0 spiro atoms. The molecule has 0 bridgehead atoms. The Labute approximate surface area is 331 Å². The number of carbonyl (C=O) groups is 2. The molecule has 0 saturated heterocycles. The van der Waals surface area contributed by atoms with Crippen molar-refractivity contribution in [3.63, 3.8) is 0 Å². The number of ketones is 2. The van der Waals surface area contributed by atoms with Gasteiger partial charge in [0.05, 0.1) is 13.2 Å². The standard InChI is InChI=1S/C46H58N2O4S2/c1-3-5-7-9-11-13-15-17-29-51-33-25-27-39(37(47)31-33)53-41-23-19-21-35-43(41)46(50)44-36(45(35)49)22-20-24-42(44)54-40-28-26-34(32-38(40)48)52-30-18-16-14-12-10-8-6-4-2/h19-28,31-32H,3-18,29-30,47-48H2,1-2H3. The van der Waals surface area contributed by atoms with E-state index in [2.05, 4.69) is 13.8 Å². The molecule has 0 atom stereocenters. The second-order valence-corrected chi connectivity index (χ2v) is 16.4. The van der Waals surface area contributed by atoms with Gasteiger partial charge in [0.1, 0.15) is 11.5 Å². The largest absolute Gasteiger partial charge is 0.494 e. The molecular weight excluding hydrogens is 709 g/mol. The lowest BCUT2D eigenvalue weighted by molar-refractivity contribution is 0.0974. The number of nitrogens with two attached hydrogens (primary N) is 2. The van der Waals surface area contributed by atoms with Gasteiger partial charge in [-0.05, 0) is 49.2 Å². The molecule has 0 fully saturated rings. The second-order valence-electron chi connectivity index (χ2n) is 14.3. The minimum Gasteiger partial charge on any atom is -0.494 e. The van der Waals surface area contributed by atoms with Gasteiger partial charge < -0.3 is 20.9 Å². The summed E-state index contributed by atoms with van der Waals surface area (Å²) in [6, 6.07) is 22.3. The van der Waals surface area contributed by atoms with Crippen molar-refractivity contribution in [1.82, 2.24) is 0 Å². The van der Waals surface area contributed by atoms with E-state index in [0.717, 1.165) is 34.1 Å². The molecule has 5 rings (SSSR count). The summed E-state index contributed by atoms with van der Waals surface area (Å²) < 4.78 is 12.0. The quantitative estimate of drug-likeness (QED) is 0.0472. The molecule has 6 nitrogen and oxygen atoms in total. The van der Waals surface area contributed by atoms with Gasteiger partial charge in [-0.2, -0.15) is 0 Å². The van der Waals surface area contributed by atoms with E-state index in [1.54, 1.807) is 12.1 Å². The van der Waals surface area contributed by atoms with Crippen LogP contribution in [0, 0.1) is 0 Å². The minimum atomic E-state index is -0.182. The molecule has 0 amide bonds. The average molecular weight is 767 g/mol. The van der Waals surface area contributed by atoms with E-state index in [-0.39, 0.29) is 11.6 Å². The van der Waals surface area contributed by atoms with Crippen molar-refractivity contribution in [1.29, 1.82) is 0 Å². The molecule has 0 heterocycles. The zero-order valence-corrected chi connectivity index (χ0v) is 33.9. The predicted molar refractivity (Wildman–Crippen MR) is 226 cm³/mol. The number of hydrogen-bond acceptors (Lipinski definition) is 8. The van der Waals surface area contributed by atoms with Gasteiger partial charge in [-0.1, -0.05) is 152 Å². The van der Waals surface area contributed by atoms with E-state index >= 15 is 0 Å². The first-order chi connectivity index (χ1) is 26.4. The molecule has 4 N–H and O–H groups in total. The van der Waals surface area contributed by atoms with Gasteiger partial charge in [0, 0.05) is 65.3 Å². The van der Waals surface area contributed by atoms with Crippen LogP contribution in [0.2, 0.25) is 0 Å². The third-order valence-corrected chi connectivity index (χ3v) is 12.2. The van der Waals surface area contributed by atoms with E-state index in [1.165, 1.54) is 113 Å². The van der Waals surface area contributed by atoms with E-state index in [0.29, 0.717) is 56.6 Å². The molecule has 8 heteroatoms. The van der Waals surface area contributed by atoms with Crippen LogP contribution in [0.5, 0.6) is 11.5 Å². The highest BCUT2D eigenvalue weighted by Gasteiger charge is 2.34. The Balaban J connectivity index is 1.21. The maximum absolute atomic E-state index is 14.4. The molecule has 1 aliphatic carbocycles. The molecule has 288 valence electrons. The summed E-state index contributed by atoms with van der Waals surface area (Å²) in [5, 5.41) is 0. The zero-order chi connectivity index (χ0) is 38.1. The molecule has 0 unspecified atom stereocenters. The number of benzene rings is 4. The number of hydrogen-bond donors (Lipinski definition) is 2. The van der Waals surface area contributed by atoms with Crippen LogP contribution in [0.15, 0.2) is 92.4 Å². The van der Waals surface area contributed by atoms with Gasteiger partial charge in [0.25, 0.3) is 0 Å². The summed E-state index contributed by atoms with van der Waals surface area (Å²) in [5.41, 5.74) is 15.8. The fraction of sp³-hybridized carbons (Fsp3) is 0.435. The SMILES string of the molecule is CCCCCCCCCCOc1ccc(Sc2cccc3c2C(=O)c2c(Sc4ccc(OCCCCCCCCCC)cc4N)cccc2C3=O)c(N)c1. The predicted octanol–water partition coefficient (Wildman–Crippen LogP) is 13.0. The number of fused-ring (bicyclic) bond motifs is 2. The second kappa shape index (κ2) is 21.9. The first kappa shape index (κ1) is 41.3. The van der Waals surface area contributed by atoms with Crippen LogP contribution in [0.3, 0.4) is 0 Å². The third-order valence-electron chi connectivity index (χ3n) is 9.93. The fourth-order valence-electron chi connectivity index (χ4n) is 6.86. The number of nitrogen functional groups attached to an aromatic ring is 2. The molecule has 54 heavy (non-hydrogen) atoms. The first-order valence-corrected chi connectivity index (χ1v) is 21.8. The number of carbonyl (C=O) groups excluding carboxylic acids is 2. The van der Waals surface area contributed by atoms with Crippen molar-refractivity contribution in [3.05, 3.63) is 95.1 Å². The summed E-state index contributed by atoms with van der Waals surface area (Å²) in [5.74, 6) is 1.12. The summed E-state index contributed by atoms with van der Waals surface area (Å²) in [6.07, 6.45) is 20.0. The summed E-state index contributed by atoms with van der Waals surface area (Å²) in [6.45, 7) is 5.81.